The van der Waals surface area contributed by atoms with E-state index < -0.39 is 17.9 Å². The Bertz CT molecular complexity index is 335. The number of nitrogens with one attached hydrogen (secondary N) is 2. The number of hydrogen-bond donors (Lipinski definition) is 3. The van der Waals surface area contributed by atoms with E-state index in [-0.39, 0.29) is 31.9 Å². The Kier molecular flexibility index (Phi) is 11.1. The first-order valence-corrected chi connectivity index (χ1v) is 6.91. The predicted octanol–water partition coefficient (Wildman–Crippen LogP) is -0.475. The van der Waals surface area contributed by atoms with Crippen LogP contribution >= 0.6 is 0 Å². The van der Waals surface area contributed by atoms with E-state index in [0.29, 0.717) is 19.8 Å². The molecular formula is C13H24N2O6. The lowest BCUT2D eigenvalue weighted by Crippen LogP contribution is -2.45. The van der Waals surface area contributed by atoms with Gasteiger partial charge in [0.15, 0.2) is 0 Å². The third kappa shape index (κ3) is 11.8. The van der Waals surface area contributed by atoms with Crippen molar-refractivity contribution in [3.63, 3.8) is 0 Å². The maximum absolute atomic E-state index is 11.5. The fourth-order valence-corrected chi connectivity index (χ4v) is 1.35. The maximum Gasteiger partial charge on any atom is 0.305 e. The molecule has 122 valence electrons. The first-order chi connectivity index (χ1) is 9.97. The maximum atomic E-state index is 11.5. The van der Waals surface area contributed by atoms with Gasteiger partial charge in [0.1, 0.15) is 6.04 Å². The van der Waals surface area contributed by atoms with Crippen LogP contribution in [0.2, 0.25) is 0 Å². The van der Waals surface area contributed by atoms with Gasteiger partial charge in [-0.25, -0.2) is 0 Å². The highest BCUT2D eigenvalue weighted by molar-refractivity contribution is 5.87. The van der Waals surface area contributed by atoms with Crippen LogP contribution in [0, 0.1) is 0 Å². The number of carboxylic acids is 1. The number of carboxylic acid groups (broad SMARTS) is 1. The van der Waals surface area contributed by atoms with Crippen molar-refractivity contribution in [1.29, 1.82) is 0 Å². The molecule has 0 aliphatic rings. The fraction of sp³-hybridized carbons (Fsp3) is 0.769. The number of hydrogen-bond acceptors (Lipinski definition) is 5. The second-order valence-electron chi connectivity index (χ2n) is 4.28. The van der Waals surface area contributed by atoms with Gasteiger partial charge in [0, 0.05) is 19.6 Å². The summed E-state index contributed by atoms with van der Waals surface area (Å²) in [6.07, 6.45) is -0.00104. The Morgan fingerprint density at radius 2 is 1.76 bits per heavy atom. The molecule has 3 N–H and O–H groups in total. The molecule has 0 rings (SSSR count). The van der Waals surface area contributed by atoms with Gasteiger partial charge in [-0.3, -0.25) is 14.4 Å². The summed E-state index contributed by atoms with van der Waals surface area (Å²) in [7, 11) is 0. The van der Waals surface area contributed by atoms with E-state index >= 15 is 0 Å². The summed E-state index contributed by atoms with van der Waals surface area (Å²) >= 11 is 0. The molecule has 0 radical (unpaired) electrons. The van der Waals surface area contributed by atoms with Crippen molar-refractivity contribution in [2.24, 2.45) is 0 Å². The molecule has 8 heteroatoms. The lowest BCUT2D eigenvalue weighted by atomic mass is 10.3. The fourth-order valence-electron chi connectivity index (χ4n) is 1.35. The van der Waals surface area contributed by atoms with Crippen molar-refractivity contribution in [3.8, 4) is 0 Å². The predicted molar refractivity (Wildman–Crippen MR) is 74.8 cm³/mol. The molecule has 0 aromatic carbocycles. The van der Waals surface area contributed by atoms with E-state index in [2.05, 4.69) is 10.6 Å². The standard InChI is InChI=1S/C13H24N2O6/c1-3-20-8-9-21-7-5-11(16)15-10(2)13(19)14-6-4-12(17)18/h10H,3-9H2,1-2H3,(H,14,19)(H,15,16)(H,17,18). The molecule has 0 spiro atoms. The summed E-state index contributed by atoms with van der Waals surface area (Å²) in [4.78, 5) is 33.4. The molecular weight excluding hydrogens is 280 g/mol. The summed E-state index contributed by atoms with van der Waals surface area (Å²) in [5.41, 5.74) is 0. The van der Waals surface area contributed by atoms with Crippen molar-refractivity contribution in [2.75, 3.05) is 33.0 Å². The first-order valence-electron chi connectivity index (χ1n) is 6.91. The van der Waals surface area contributed by atoms with Crippen LogP contribution in [0.15, 0.2) is 0 Å². The highest BCUT2D eigenvalue weighted by Crippen LogP contribution is 1.89. The number of aliphatic carboxylic acids is 1. The summed E-state index contributed by atoms with van der Waals surface area (Å²) in [5.74, 6) is -1.70. The van der Waals surface area contributed by atoms with Crippen molar-refractivity contribution < 1.29 is 29.0 Å². The van der Waals surface area contributed by atoms with Gasteiger partial charge in [-0.2, -0.15) is 0 Å². The van der Waals surface area contributed by atoms with Gasteiger partial charge in [-0.05, 0) is 13.8 Å². The van der Waals surface area contributed by atoms with E-state index in [9.17, 15) is 14.4 Å². The Labute approximate surface area is 124 Å². The van der Waals surface area contributed by atoms with E-state index in [4.69, 9.17) is 14.6 Å². The summed E-state index contributed by atoms with van der Waals surface area (Å²) in [6, 6.07) is -0.713. The molecule has 0 saturated heterocycles. The van der Waals surface area contributed by atoms with Crippen LogP contribution in [-0.4, -0.2) is 61.9 Å². The van der Waals surface area contributed by atoms with E-state index in [0.717, 1.165) is 0 Å². The average molecular weight is 304 g/mol. The zero-order valence-corrected chi connectivity index (χ0v) is 12.5. The molecule has 8 nitrogen and oxygen atoms in total. The van der Waals surface area contributed by atoms with Crippen LogP contribution in [0.1, 0.15) is 26.7 Å². The topological polar surface area (TPSA) is 114 Å². The van der Waals surface area contributed by atoms with Crippen LogP contribution in [-0.2, 0) is 23.9 Å². The summed E-state index contributed by atoms with van der Waals surface area (Å²) < 4.78 is 10.3. The Balaban J connectivity index is 3.68. The molecule has 0 aromatic heterocycles. The number of amides is 2. The van der Waals surface area contributed by atoms with Gasteiger partial charge in [-0.15, -0.1) is 0 Å². The number of rotatable bonds is 12. The van der Waals surface area contributed by atoms with E-state index in [1.165, 1.54) is 6.92 Å². The Morgan fingerprint density at radius 1 is 1.10 bits per heavy atom. The lowest BCUT2D eigenvalue weighted by Gasteiger charge is -2.13. The molecule has 0 bridgehead atoms. The molecule has 0 fully saturated rings. The number of carbonyl (C=O) groups excluding carboxylic acids is 2. The van der Waals surface area contributed by atoms with Gasteiger partial charge in [-0.1, -0.05) is 0 Å². The highest BCUT2D eigenvalue weighted by Gasteiger charge is 2.15. The third-order valence-corrected chi connectivity index (χ3v) is 2.46. The highest BCUT2D eigenvalue weighted by atomic mass is 16.5. The SMILES string of the molecule is CCOCCOCCC(=O)NC(C)C(=O)NCCC(=O)O. The lowest BCUT2D eigenvalue weighted by molar-refractivity contribution is -0.137. The molecule has 1 unspecified atom stereocenters. The van der Waals surface area contributed by atoms with Gasteiger partial charge in [0.2, 0.25) is 11.8 Å². The average Bonchev–Trinajstić information content (AvgIpc) is 2.42. The second-order valence-corrected chi connectivity index (χ2v) is 4.28. The van der Waals surface area contributed by atoms with Gasteiger partial charge in [0.25, 0.3) is 0 Å². The van der Waals surface area contributed by atoms with Gasteiger partial charge in [0.05, 0.1) is 26.2 Å². The molecule has 2 amide bonds. The van der Waals surface area contributed by atoms with Crippen LogP contribution in [0.5, 0.6) is 0 Å². The number of ether oxygens (including phenoxy) is 2. The van der Waals surface area contributed by atoms with Crippen molar-refractivity contribution in [3.05, 3.63) is 0 Å². The van der Waals surface area contributed by atoms with Gasteiger partial charge < -0.3 is 25.2 Å². The zero-order chi connectivity index (χ0) is 16.1. The van der Waals surface area contributed by atoms with Crippen LogP contribution in [0.25, 0.3) is 0 Å². The van der Waals surface area contributed by atoms with E-state index in [1.807, 2.05) is 6.92 Å². The van der Waals surface area contributed by atoms with Gasteiger partial charge >= 0.3 is 5.97 Å². The van der Waals surface area contributed by atoms with Crippen LogP contribution in [0.3, 0.4) is 0 Å². The van der Waals surface area contributed by atoms with Crippen LogP contribution < -0.4 is 10.6 Å². The summed E-state index contributed by atoms with van der Waals surface area (Å²) in [6.45, 7) is 5.24. The molecule has 0 heterocycles. The van der Waals surface area contributed by atoms with E-state index in [1.54, 1.807) is 0 Å². The van der Waals surface area contributed by atoms with Crippen molar-refractivity contribution in [2.45, 2.75) is 32.7 Å². The molecule has 0 aliphatic carbocycles. The molecule has 21 heavy (non-hydrogen) atoms. The molecule has 0 aromatic rings. The quantitative estimate of drug-likeness (QED) is 0.420. The zero-order valence-electron chi connectivity index (χ0n) is 12.5. The van der Waals surface area contributed by atoms with Crippen molar-refractivity contribution in [1.82, 2.24) is 10.6 Å². The minimum atomic E-state index is -0.990. The molecule has 0 saturated carbocycles. The Hall–Kier alpha value is -1.67. The minimum absolute atomic E-state index is 0.0366. The Morgan fingerprint density at radius 3 is 2.38 bits per heavy atom. The smallest absolute Gasteiger partial charge is 0.305 e. The number of carbonyl (C=O) groups is 3. The minimum Gasteiger partial charge on any atom is -0.481 e. The first kappa shape index (κ1) is 19.3. The normalized spacial score (nSPS) is 11.7. The second kappa shape index (κ2) is 12.1. The third-order valence-electron chi connectivity index (χ3n) is 2.46. The summed E-state index contributed by atoms with van der Waals surface area (Å²) in [5, 5.41) is 13.4. The van der Waals surface area contributed by atoms with Crippen LogP contribution in [0.4, 0.5) is 0 Å². The van der Waals surface area contributed by atoms with Crippen molar-refractivity contribution >= 4 is 17.8 Å². The monoisotopic (exact) mass is 304 g/mol. The largest absolute Gasteiger partial charge is 0.481 e. The molecule has 1 atom stereocenters. The molecule has 0 aliphatic heterocycles.